The van der Waals surface area contributed by atoms with Crippen molar-refractivity contribution in [1.29, 1.82) is 0 Å². The Morgan fingerprint density at radius 1 is 1.47 bits per heavy atom. The lowest BCUT2D eigenvalue weighted by Gasteiger charge is -2.35. The van der Waals surface area contributed by atoms with Gasteiger partial charge in [0.1, 0.15) is 5.15 Å². The molecule has 1 fully saturated rings. The summed E-state index contributed by atoms with van der Waals surface area (Å²) in [6, 6.07) is 2.13. The number of aromatic nitrogens is 1. The van der Waals surface area contributed by atoms with E-state index in [2.05, 4.69) is 24.0 Å². The average Bonchev–Trinajstić information content (AvgIpc) is 2.41. The topological polar surface area (TPSA) is 62.5 Å². The van der Waals surface area contributed by atoms with Gasteiger partial charge in [-0.25, -0.2) is 4.98 Å². The zero-order valence-corrected chi connectivity index (χ0v) is 12.0. The van der Waals surface area contributed by atoms with Crippen LogP contribution in [0.1, 0.15) is 23.2 Å². The second-order valence-electron chi connectivity index (χ2n) is 5.09. The molecule has 0 radical (unpaired) electrons. The van der Waals surface area contributed by atoms with Gasteiger partial charge in [0.15, 0.2) is 0 Å². The average molecular weight is 283 g/mol. The number of anilines is 1. The molecule has 2 N–H and O–H groups in total. The number of hydrogen-bond donors (Lipinski definition) is 1. The van der Waals surface area contributed by atoms with Crippen LogP contribution in [0.2, 0.25) is 5.15 Å². The fourth-order valence-corrected chi connectivity index (χ4v) is 2.55. The third kappa shape index (κ3) is 3.16. The normalized spacial score (nSPS) is 16.9. The first-order valence-electron chi connectivity index (χ1n) is 6.35. The lowest BCUT2D eigenvalue weighted by atomic mass is 10.0. The van der Waals surface area contributed by atoms with E-state index in [9.17, 15) is 4.79 Å². The molecule has 1 aliphatic rings. The molecule has 0 unspecified atom stereocenters. The molecule has 104 valence electrons. The molecule has 1 amide bonds. The highest BCUT2D eigenvalue weighted by molar-refractivity contribution is 6.32. The maximum absolute atomic E-state index is 12.4. The van der Waals surface area contributed by atoms with E-state index < -0.39 is 0 Å². The zero-order chi connectivity index (χ0) is 14.0. The predicted octanol–water partition coefficient (Wildman–Crippen LogP) is 1.48. The van der Waals surface area contributed by atoms with E-state index in [1.54, 1.807) is 6.07 Å². The summed E-state index contributed by atoms with van der Waals surface area (Å²) in [5.74, 6) is -0.0815. The number of amides is 1. The van der Waals surface area contributed by atoms with Gasteiger partial charge < -0.3 is 15.5 Å². The molecule has 1 aromatic rings. The number of pyridine rings is 1. The highest BCUT2D eigenvalue weighted by atomic mass is 35.5. The molecular formula is C13H19ClN4O. The highest BCUT2D eigenvalue weighted by Gasteiger charge is 2.26. The summed E-state index contributed by atoms with van der Waals surface area (Å²) in [5, 5.41) is 0.217. The van der Waals surface area contributed by atoms with Gasteiger partial charge in [-0.3, -0.25) is 4.79 Å². The van der Waals surface area contributed by atoms with Crippen molar-refractivity contribution in [2.45, 2.75) is 18.9 Å². The van der Waals surface area contributed by atoms with Crippen LogP contribution in [0.25, 0.3) is 0 Å². The van der Waals surface area contributed by atoms with Gasteiger partial charge in [0.05, 0.1) is 17.4 Å². The van der Waals surface area contributed by atoms with Gasteiger partial charge in [0, 0.05) is 19.1 Å². The number of halogens is 1. The Bertz CT molecular complexity index is 470. The van der Waals surface area contributed by atoms with Crippen molar-refractivity contribution in [3.05, 3.63) is 23.0 Å². The Morgan fingerprint density at radius 3 is 2.68 bits per heavy atom. The molecule has 5 nitrogen and oxygen atoms in total. The van der Waals surface area contributed by atoms with E-state index in [-0.39, 0.29) is 11.1 Å². The molecule has 0 atom stereocenters. The number of nitrogens with zero attached hydrogens (tertiary/aromatic N) is 3. The number of piperidine rings is 1. The summed E-state index contributed by atoms with van der Waals surface area (Å²) in [6.07, 6.45) is 3.41. The van der Waals surface area contributed by atoms with E-state index in [1.807, 2.05) is 4.90 Å². The van der Waals surface area contributed by atoms with E-state index >= 15 is 0 Å². The number of nitrogen functional groups attached to an aromatic ring is 1. The minimum Gasteiger partial charge on any atom is -0.397 e. The predicted molar refractivity (Wildman–Crippen MR) is 76.3 cm³/mol. The van der Waals surface area contributed by atoms with Crippen LogP contribution in [-0.4, -0.2) is 53.9 Å². The van der Waals surface area contributed by atoms with Crippen molar-refractivity contribution in [3.63, 3.8) is 0 Å². The second-order valence-corrected chi connectivity index (χ2v) is 5.45. The fourth-order valence-electron chi connectivity index (χ4n) is 2.37. The summed E-state index contributed by atoms with van der Waals surface area (Å²) in [4.78, 5) is 20.3. The molecule has 0 bridgehead atoms. The summed E-state index contributed by atoms with van der Waals surface area (Å²) in [7, 11) is 4.14. The standard InChI is InChI=1S/C13H19ClN4O/c1-17(2)10-3-5-18(6-4-10)13(19)11-7-9(15)8-16-12(11)14/h7-8,10H,3-6,15H2,1-2H3. The summed E-state index contributed by atoms with van der Waals surface area (Å²) >= 11 is 5.97. The van der Waals surface area contributed by atoms with Crippen LogP contribution in [0, 0.1) is 0 Å². The van der Waals surface area contributed by atoms with Crippen LogP contribution in [0.3, 0.4) is 0 Å². The van der Waals surface area contributed by atoms with Crippen LogP contribution in [0.5, 0.6) is 0 Å². The minimum atomic E-state index is -0.0815. The number of nitrogens with two attached hydrogens (primary N) is 1. The third-order valence-corrected chi connectivity index (χ3v) is 3.87. The van der Waals surface area contributed by atoms with Crippen molar-refractivity contribution in [3.8, 4) is 0 Å². The smallest absolute Gasteiger partial charge is 0.257 e. The quantitative estimate of drug-likeness (QED) is 0.835. The van der Waals surface area contributed by atoms with Crippen LogP contribution in [0.4, 0.5) is 5.69 Å². The Hall–Kier alpha value is -1.33. The Kier molecular flexibility index (Phi) is 4.27. The van der Waals surface area contributed by atoms with Gasteiger partial charge in [-0.1, -0.05) is 11.6 Å². The molecular weight excluding hydrogens is 264 g/mol. The molecule has 1 aromatic heterocycles. The number of carbonyl (C=O) groups excluding carboxylic acids is 1. The van der Waals surface area contributed by atoms with E-state index in [4.69, 9.17) is 17.3 Å². The number of hydrogen-bond acceptors (Lipinski definition) is 4. The Balaban J connectivity index is 2.07. The van der Waals surface area contributed by atoms with Crippen LogP contribution in [-0.2, 0) is 0 Å². The zero-order valence-electron chi connectivity index (χ0n) is 11.3. The van der Waals surface area contributed by atoms with Crippen LogP contribution in [0.15, 0.2) is 12.3 Å². The minimum absolute atomic E-state index is 0.0815. The number of carbonyl (C=O) groups is 1. The summed E-state index contributed by atoms with van der Waals surface area (Å²) < 4.78 is 0. The molecule has 2 heterocycles. The largest absolute Gasteiger partial charge is 0.397 e. The molecule has 6 heteroatoms. The second kappa shape index (κ2) is 5.75. The molecule has 0 saturated carbocycles. The van der Waals surface area contributed by atoms with Gasteiger partial charge >= 0.3 is 0 Å². The van der Waals surface area contributed by atoms with Gasteiger partial charge in [-0.05, 0) is 33.0 Å². The first kappa shape index (κ1) is 14.1. The van der Waals surface area contributed by atoms with Gasteiger partial charge in [0.25, 0.3) is 5.91 Å². The molecule has 1 aliphatic heterocycles. The highest BCUT2D eigenvalue weighted by Crippen LogP contribution is 2.21. The lowest BCUT2D eigenvalue weighted by molar-refractivity contribution is 0.0663. The first-order valence-corrected chi connectivity index (χ1v) is 6.73. The molecule has 19 heavy (non-hydrogen) atoms. The molecule has 0 spiro atoms. The maximum Gasteiger partial charge on any atom is 0.257 e. The number of likely N-dealkylation sites (tertiary alicyclic amines) is 1. The fraction of sp³-hybridized carbons (Fsp3) is 0.538. The van der Waals surface area contributed by atoms with E-state index in [0.717, 1.165) is 25.9 Å². The Morgan fingerprint density at radius 2 is 2.11 bits per heavy atom. The molecule has 0 aliphatic carbocycles. The molecule has 0 aromatic carbocycles. The van der Waals surface area contributed by atoms with E-state index in [0.29, 0.717) is 17.3 Å². The van der Waals surface area contributed by atoms with Crippen LogP contribution < -0.4 is 5.73 Å². The summed E-state index contributed by atoms with van der Waals surface area (Å²) in [6.45, 7) is 1.49. The third-order valence-electron chi connectivity index (χ3n) is 3.57. The van der Waals surface area contributed by atoms with Crippen LogP contribution >= 0.6 is 11.6 Å². The van der Waals surface area contributed by atoms with Gasteiger partial charge in [-0.2, -0.15) is 0 Å². The Labute approximate surface area is 118 Å². The monoisotopic (exact) mass is 282 g/mol. The van der Waals surface area contributed by atoms with Gasteiger partial charge in [-0.15, -0.1) is 0 Å². The first-order chi connectivity index (χ1) is 8.99. The van der Waals surface area contributed by atoms with Crippen molar-refractivity contribution in [1.82, 2.24) is 14.8 Å². The van der Waals surface area contributed by atoms with Crippen molar-refractivity contribution >= 4 is 23.2 Å². The van der Waals surface area contributed by atoms with Crippen molar-refractivity contribution in [2.75, 3.05) is 32.9 Å². The van der Waals surface area contributed by atoms with Crippen molar-refractivity contribution in [2.24, 2.45) is 0 Å². The summed E-state index contributed by atoms with van der Waals surface area (Å²) in [5.41, 5.74) is 6.51. The maximum atomic E-state index is 12.4. The van der Waals surface area contributed by atoms with Gasteiger partial charge in [0.2, 0.25) is 0 Å². The molecule has 2 rings (SSSR count). The number of rotatable bonds is 2. The van der Waals surface area contributed by atoms with E-state index in [1.165, 1.54) is 6.20 Å². The molecule has 1 saturated heterocycles. The van der Waals surface area contributed by atoms with Crippen molar-refractivity contribution < 1.29 is 4.79 Å². The SMILES string of the molecule is CN(C)C1CCN(C(=O)c2cc(N)cnc2Cl)CC1. The lowest BCUT2D eigenvalue weighted by Crippen LogP contribution is -2.44.